The van der Waals surface area contributed by atoms with Crippen molar-refractivity contribution in [2.24, 2.45) is 0 Å². The van der Waals surface area contributed by atoms with E-state index >= 15 is 0 Å². The summed E-state index contributed by atoms with van der Waals surface area (Å²) >= 11 is 1.51. The number of rotatable bonds is 13. The summed E-state index contributed by atoms with van der Waals surface area (Å²) in [5.41, 5.74) is 1.31. The van der Waals surface area contributed by atoms with Crippen LogP contribution in [0.5, 0.6) is 11.5 Å². The van der Waals surface area contributed by atoms with Gasteiger partial charge in [0.25, 0.3) is 5.91 Å². The minimum atomic E-state index is -4.56. The zero-order valence-corrected chi connectivity index (χ0v) is 28.4. The van der Waals surface area contributed by atoms with Gasteiger partial charge in [-0.2, -0.15) is 18.4 Å². The number of carbonyl (C=O) groups excluding carboxylic acids is 1. The van der Waals surface area contributed by atoms with E-state index in [0.29, 0.717) is 34.7 Å². The third-order valence-corrected chi connectivity index (χ3v) is 9.87. The highest BCUT2D eigenvalue weighted by molar-refractivity contribution is 7.91. The Kier molecular flexibility index (Phi) is 10.7. The fraction of sp³-hybridized carbons (Fsp3) is 0.303. The lowest BCUT2D eigenvalue weighted by molar-refractivity contribution is -0.137. The van der Waals surface area contributed by atoms with Gasteiger partial charge in [-0.05, 0) is 73.0 Å². The predicted molar refractivity (Wildman–Crippen MR) is 176 cm³/mol. The van der Waals surface area contributed by atoms with Gasteiger partial charge in [0.05, 0.1) is 27.6 Å². The number of aryl methyl sites for hydroxylation is 1. The number of nitrogens with one attached hydrogen (secondary N) is 2. The number of ether oxygens (including phenoxy) is 2. The Balaban J connectivity index is 1.27. The minimum absolute atomic E-state index is 0.0406. The van der Waals surface area contributed by atoms with Gasteiger partial charge in [0.2, 0.25) is 5.82 Å². The van der Waals surface area contributed by atoms with Crippen molar-refractivity contribution in [1.82, 2.24) is 25.6 Å². The number of anilines is 1. The lowest BCUT2D eigenvalue weighted by atomic mass is 9.93. The van der Waals surface area contributed by atoms with E-state index < -0.39 is 27.5 Å². The number of thiazole rings is 1. The average Bonchev–Trinajstić information content (AvgIpc) is 3.76. The van der Waals surface area contributed by atoms with Crippen molar-refractivity contribution in [3.8, 4) is 11.5 Å². The molecule has 16 heteroatoms. The van der Waals surface area contributed by atoms with Crippen LogP contribution in [-0.2, 0) is 41.1 Å². The van der Waals surface area contributed by atoms with Gasteiger partial charge in [0.1, 0.15) is 23.1 Å². The molecule has 0 aliphatic carbocycles. The number of aromatic nitrogens is 5. The Morgan fingerprint density at radius 3 is 2.43 bits per heavy atom. The van der Waals surface area contributed by atoms with Crippen molar-refractivity contribution in [2.75, 3.05) is 11.1 Å². The molecule has 5 rings (SSSR count). The highest BCUT2D eigenvalue weighted by Gasteiger charge is 2.30. The monoisotopic (exact) mass is 714 g/mol. The number of aromatic amines is 1. The average molecular weight is 715 g/mol. The molecule has 0 saturated carbocycles. The first-order valence-electron chi connectivity index (χ1n) is 15.0. The number of benzene rings is 3. The fourth-order valence-electron chi connectivity index (χ4n) is 4.57. The van der Waals surface area contributed by atoms with Crippen LogP contribution in [0.3, 0.4) is 0 Å². The van der Waals surface area contributed by atoms with Crippen LogP contribution >= 0.6 is 11.3 Å². The number of hydrogen-bond acceptors (Lipinski definition) is 10. The van der Waals surface area contributed by atoms with Gasteiger partial charge in [-0.3, -0.25) is 4.79 Å². The molecule has 0 fully saturated rings. The Morgan fingerprint density at radius 2 is 1.76 bits per heavy atom. The number of amides is 1. The number of carbonyl (C=O) groups is 1. The minimum Gasteiger partial charge on any atom is -0.486 e. The Morgan fingerprint density at radius 1 is 0.980 bits per heavy atom. The SMILES string of the molecule is CC(C)(C)c1csc(COc2cccc(C(=O)Nc3cc(CCCS(=O)(=O)c4ccc(C(F)(F)F)cc4)ccc3OCc3nn[nH]n3)c2)n1. The summed E-state index contributed by atoms with van der Waals surface area (Å²) in [6.45, 7) is 6.47. The molecule has 0 aliphatic rings. The number of hydrogen-bond donors (Lipinski definition) is 2. The number of nitrogens with zero attached hydrogens (tertiary/aromatic N) is 4. The molecular weight excluding hydrogens is 682 g/mol. The van der Waals surface area contributed by atoms with E-state index in [9.17, 15) is 26.4 Å². The van der Waals surface area contributed by atoms with Crippen LogP contribution in [0.15, 0.2) is 77.0 Å². The van der Waals surface area contributed by atoms with Crippen LogP contribution in [0.4, 0.5) is 18.9 Å². The maximum atomic E-state index is 13.4. The Hall–Kier alpha value is -4.83. The standard InChI is InChI=1S/C33H33F3N6O5S2/c1-32(2,3)28-20-48-30(38-28)19-46-24-8-4-7-22(17-24)31(43)37-26-16-21(9-14-27(26)47-18-29-39-41-42-40-29)6-5-15-49(44,45)25-12-10-23(11-13-25)33(34,35)36/h4,7-14,16-17,20H,5-6,15,18-19H2,1-3H3,(H,37,43)(H,39,40,41,42). The van der Waals surface area contributed by atoms with Gasteiger partial charge in [0, 0.05) is 16.4 Å². The molecule has 0 atom stereocenters. The highest BCUT2D eigenvalue weighted by atomic mass is 32.2. The van der Waals surface area contributed by atoms with Crippen LogP contribution < -0.4 is 14.8 Å². The van der Waals surface area contributed by atoms with Gasteiger partial charge in [-0.1, -0.05) is 38.1 Å². The van der Waals surface area contributed by atoms with Gasteiger partial charge in [-0.15, -0.1) is 21.5 Å². The zero-order valence-electron chi connectivity index (χ0n) is 26.7. The molecular formula is C33H33F3N6O5S2. The van der Waals surface area contributed by atoms with Crippen molar-refractivity contribution in [1.29, 1.82) is 0 Å². The largest absolute Gasteiger partial charge is 0.486 e. The third kappa shape index (κ3) is 9.63. The van der Waals surface area contributed by atoms with Gasteiger partial charge in [-0.25, -0.2) is 13.4 Å². The van der Waals surface area contributed by atoms with E-state index in [0.717, 1.165) is 35.0 Å². The molecule has 2 N–H and O–H groups in total. The molecule has 2 heterocycles. The molecule has 3 aromatic carbocycles. The maximum absolute atomic E-state index is 13.4. The summed E-state index contributed by atoms with van der Waals surface area (Å²) < 4.78 is 76.1. The first kappa shape index (κ1) is 35.5. The van der Waals surface area contributed by atoms with Crippen LogP contribution in [-0.4, -0.2) is 45.7 Å². The fourth-order valence-corrected chi connectivity index (χ4v) is 6.81. The molecule has 258 valence electrons. The number of halogens is 3. The van der Waals surface area contributed by atoms with Crippen LogP contribution in [0.25, 0.3) is 0 Å². The van der Waals surface area contributed by atoms with E-state index in [-0.39, 0.29) is 41.5 Å². The number of alkyl halides is 3. The van der Waals surface area contributed by atoms with E-state index in [1.165, 1.54) is 11.3 Å². The second kappa shape index (κ2) is 14.7. The van der Waals surface area contributed by atoms with Crippen molar-refractivity contribution < 1.29 is 35.9 Å². The Bertz CT molecular complexity index is 1990. The molecule has 5 aromatic rings. The summed E-state index contributed by atoms with van der Waals surface area (Å²) in [5, 5.41) is 19.3. The van der Waals surface area contributed by atoms with E-state index in [1.54, 1.807) is 42.5 Å². The quantitative estimate of drug-likeness (QED) is 0.134. The van der Waals surface area contributed by atoms with Crippen molar-refractivity contribution in [3.05, 3.63) is 105 Å². The molecule has 49 heavy (non-hydrogen) atoms. The second-order valence-corrected chi connectivity index (χ2v) is 15.1. The molecule has 2 aromatic heterocycles. The van der Waals surface area contributed by atoms with Crippen molar-refractivity contribution in [2.45, 2.75) is 63.3 Å². The third-order valence-electron chi connectivity index (χ3n) is 7.24. The lowest BCUT2D eigenvalue weighted by Crippen LogP contribution is -2.14. The molecule has 0 spiro atoms. The molecule has 0 saturated heterocycles. The van der Waals surface area contributed by atoms with Gasteiger partial charge < -0.3 is 14.8 Å². The predicted octanol–water partition coefficient (Wildman–Crippen LogP) is 6.79. The highest BCUT2D eigenvalue weighted by Crippen LogP contribution is 2.31. The normalized spacial score (nSPS) is 12.1. The van der Waals surface area contributed by atoms with E-state index in [1.807, 2.05) is 5.38 Å². The first-order chi connectivity index (χ1) is 23.2. The number of tetrazole rings is 1. The Labute approximate surface area is 284 Å². The van der Waals surface area contributed by atoms with Crippen LogP contribution in [0, 0.1) is 0 Å². The molecule has 1 amide bonds. The molecule has 0 bridgehead atoms. The molecule has 0 unspecified atom stereocenters. The lowest BCUT2D eigenvalue weighted by Gasteiger charge is -2.14. The summed E-state index contributed by atoms with van der Waals surface area (Å²) in [6, 6.07) is 15.2. The number of sulfone groups is 1. The molecule has 0 aliphatic heterocycles. The topological polar surface area (TPSA) is 149 Å². The van der Waals surface area contributed by atoms with Crippen molar-refractivity contribution in [3.63, 3.8) is 0 Å². The van der Waals surface area contributed by atoms with Crippen LogP contribution in [0.2, 0.25) is 0 Å². The summed E-state index contributed by atoms with van der Waals surface area (Å²) in [5.74, 6) is 0.346. The summed E-state index contributed by atoms with van der Waals surface area (Å²) in [4.78, 5) is 17.9. The van der Waals surface area contributed by atoms with Gasteiger partial charge >= 0.3 is 6.18 Å². The molecule has 11 nitrogen and oxygen atoms in total. The summed E-state index contributed by atoms with van der Waals surface area (Å²) in [7, 11) is -3.83. The van der Waals surface area contributed by atoms with E-state index in [4.69, 9.17) is 9.47 Å². The first-order valence-corrected chi connectivity index (χ1v) is 17.6. The zero-order chi connectivity index (χ0) is 35.2. The van der Waals surface area contributed by atoms with Crippen molar-refractivity contribution >= 4 is 32.8 Å². The summed E-state index contributed by atoms with van der Waals surface area (Å²) in [6.07, 6.45) is -4.09. The number of H-pyrrole nitrogens is 1. The molecule has 0 radical (unpaired) electrons. The van der Waals surface area contributed by atoms with Gasteiger partial charge in [0.15, 0.2) is 16.4 Å². The maximum Gasteiger partial charge on any atom is 0.416 e. The van der Waals surface area contributed by atoms with E-state index in [2.05, 4.69) is 51.7 Å². The smallest absolute Gasteiger partial charge is 0.416 e. The van der Waals surface area contributed by atoms with Crippen LogP contribution in [0.1, 0.15) is 65.2 Å². The second-order valence-electron chi connectivity index (χ2n) is 12.0.